The van der Waals surface area contributed by atoms with Gasteiger partial charge in [0.15, 0.2) is 0 Å². The molecule has 4 nitrogen and oxygen atoms in total. The summed E-state index contributed by atoms with van der Waals surface area (Å²) in [6.45, 7) is 2.85. The van der Waals surface area contributed by atoms with Crippen LogP contribution in [-0.4, -0.2) is 15.6 Å². The summed E-state index contributed by atoms with van der Waals surface area (Å²) in [6.07, 6.45) is 5.64. The molecule has 0 amide bonds. The second kappa shape index (κ2) is 6.17. The largest absolute Gasteiger partial charge is 0.333 e. The number of benzene rings is 1. The van der Waals surface area contributed by atoms with E-state index < -0.39 is 0 Å². The van der Waals surface area contributed by atoms with Crippen LogP contribution in [0.3, 0.4) is 0 Å². The number of nitrogens with two attached hydrogens (primary N) is 1. The van der Waals surface area contributed by atoms with Crippen molar-refractivity contribution in [3.8, 4) is 6.07 Å². The number of hydrogen-bond acceptors (Lipinski definition) is 3. The third-order valence-electron chi connectivity index (χ3n) is 3.13. The monoisotopic (exact) mass is 254 g/mol. The van der Waals surface area contributed by atoms with Crippen molar-refractivity contribution in [2.24, 2.45) is 5.73 Å². The number of nitrogens with zero attached hydrogens (tertiary/aromatic N) is 3. The Morgan fingerprint density at radius 3 is 2.74 bits per heavy atom. The van der Waals surface area contributed by atoms with Crippen LogP contribution < -0.4 is 5.73 Å². The standard InChI is InChI=1S/C15H18N4/c1-2-14(17)7-15-10-19(11-18-15)9-13-5-3-12(8-16)4-6-13/h3-6,10-11,14H,2,7,9,17H2,1H3. The molecule has 0 aliphatic carbocycles. The molecule has 0 bridgehead atoms. The molecule has 98 valence electrons. The molecule has 1 atom stereocenters. The summed E-state index contributed by atoms with van der Waals surface area (Å²) in [4.78, 5) is 4.36. The van der Waals surface area contributed by atoms with Crippen molar-refractivity contribution in [3.63, 3.8) is 0 Å². The van der Waals surface area contributed by atoms with E-state index in [-0.39, 0.29) is 6.04 Å². The first-order valence-corrected chi connectivity index (χ1v) is 6.46. The Bertz CT molecular complexity index is 563. The number of aromatic nitrogens is 2. The summed E-state index contributed by atoms with van der Waals surface area (Å²) in [7, 11) is 0. The molecule has 1 aromatic carbocycles. The van der Waals surface area contributed by atoms with Gasteiger partial charge in [0.1, 0.15) is 0 Å². The maximum Gasteiger partial charge on any atom is 0.0991 e. The molecule has 0 spiro atoms. The van der Waals surface area contributed by atoms with Gasteiger partial charge in [-0.1, -0.05) is 19.1 Å². The van der Waals surface area contributed by atoms with Crippen molar-refractivity contribution in [2.45, 2.75) is 32.4 Å². The van der Waals surface area contributed by atoms with Crippen LogP contribution in [0.4, 0.5) is 0 Å². The molecule has 0 aliphatic rings. The van der Waals surface area contributed by atoms with E-state index in [4.69, 9.17) is 11.0 Å². The maximum atomic E-state index is 8.75. The first-order chi connectivity index (χ1) is 9.21. The van der Waals surface area contributed by atoms with Crippen molar-refractivity contribution < 1.29 is 0 Å². The average molecular weight is 254 g/mol. The van der Waals surface area contributed by atoms with Crippen molar-refractivity contribution in [1.29, 1.82) is 5.26 Å². The molecular formula is C15H18N4. The first kappa shape index (κ1) is 13.3. The second-order valence-electron chi connectivity index (χ2n) is 4.72. The second-order valence-corrected chi connectivity index (χ2v) is 4.72. The SMILES string of the molecule is CCC(N)Cc1cn(Cc2ccc(C#N)cc2)cn1. The Kier molecular flexibility index (Phi) is 4.32. The lowest BCUT2D eigenvalue weighted by Crippen LogP contribution is -2.21. The summed E-state index contributed by atoms with van der Waals surface area (Å²) in [5.74, 6) is 0. The molecule has 0 saturated heterocycles. The van der Waals surface area contributed by atoms with Gasteiger partial charge < -0.3 is 10.3 Å². The van der Waals surface area contributed by atoms with Gasteiger partial charge in [0.05, 0.1) is 23.7 Å². The molecule has 2 aromatic rings. The topological polar surface area (TPSA) is 67.6 Å². The molecule has 0 aliphatic heterocycles. The molecular weight excluding hydrogens is 236 g/mol. The summed E-state index contributed by atoms with van der Waals surface area (Å²) >= 11 is 0. The van der Waals surface area contributed by atoms with Gasteiger partial charge in [-0.25, -0.2) is 4.98 Å². The molecule has 0 fully saturated rings. The molecule has 1 heterocycles. The van der Waals surface area contributed by atoms with Gasteiger partial charge in [-0.15, -0.1) is 0 Å². The molecule has 1 aromatic heterocycles. The van der Waals surface area contributed by atoms with E-state index in [1.807, 2.05) is 41.4 Å². The lowest BCUT2D eigenvalue weighted by atomic mass is 10.1. The fraction of sp³-hybridized carbons (Fsp3) is 0.333. The highest BCUT2D eigenvalue weighted by molar-refractivity contribution is 5.31. The van der Waals surface area contributed by atoms with Crippen LogP contribution in [0, 0.1) is 11.3 Å². The minimum Gasteiger partial charge on any atom is -0.333 e. The molecule has 2 N–H and O–H groups in total. The zero-order valence-electron chi connectivity index (χ0n) is 11.1. The van der Waals surface area contributed by atoms with Crippen molar-refractivity contribution in [2.75, 3.05) is 0 Å². The molecule has 0 radical (unpaired) electrons. The van der Waals surface area contributed by atoms with E-state index in [2.05, 4.69) is 18.0 Å². The summed E-state index contributed by atoms with van der Waals surface area (Å²) in [6, 6.07) is 9.90. The van der Waals surface area contributed by atoms with E-state index in [0.29, 0.717) is 5.56 Å². The van der Waals surface area contributed by atoms with Crippen LogP contribution in [-0.2, 0) is 13.0 Å². The van der Waals surface area contributed by atoms with Crippen molar-refractivity contribution >= 4 is 0 Å². The highest BCUT2D eigenvalue weighted by atomic mass is 15.0. The highest BCUT2D eigenvalue weighted by Gasteiger charge is 2.05. The van der Waals surface area contributed by atoms with E-state index in [1.165, 1.54) is 0 Å². The Morgan fingerprint density at radius 2 is 2.11 bits per heavy atom. The minimum absolute atomic E-state index is 0.179. The fourth-order valence-corrected chi connectivity index (χ4v) is 1.91. The summed E-state index contributed by atoms with van der Waals surface area (Å²) in [5.41, 5.74) is 8.79. The predicted octanol–water partition coefficient (Wildman–Crippen LogP) is 2.08. The van der Waals surface area contributed by atoms with E-state index in [0.717, 1.165) is 30.6 Å². The van der Waals surface area contributed by atoms with E-state index in [1.54, 1.807) is 0 Å². The third kappa shape index (κ3) is 3.67. The molecule has 4 heteroatoms. The lowest BCUT2D eigenvalue weighted by Gasteiger charge is -2.05. The fourth-order valence-electron chi connectivity index (χ4n) is 1.91. The van der Waals surface area contributed by atoms with Crippen LogP contribution in [0.2, 0.25) is 0 Å². The summed E-state index contributed by atoms with van der Waals surface area (Å²) < 4.78 is 2.04. The smallest absolute Gasteiger partial charge is 0.0991 e. The van der Waals surface area contributed by atoms with Crippen molar-refractivity contribution in [1.82, 2.24) is 9.55 Å². The zero-order chi connectivity index (χ0) is 13.7. The number of rotatable bonds is 5. The molecule has 19 heavy (non-hydrogen) atoms. The summed E-state index contributed by atoms with van der Waals surface area (Å²) in [5, 5.41) is 8.75. The van der Waals surface area contributed by atoms with Gasteiger partial charge in [-0.3, -0.25) is 0 Å². The van der Waals surface area contributed by atoms with Crippen LogP contribution in [0.15, 0.2) is 36.8 Å². The number of nitriles is 1. The van der Waals surface area contributed by atoms with Gasteiger partial charge in [0, 0.05) is 25.2 Å². The van der Waals surface area contributed by atoms with Gasteiger partial charge in [0.2, 0.25) is 0 Å². The quantitative estimate of drug-likeness (QED) is 0.888. The maximum absolute atomic E-state index is 8.75. The highest BCUT2D eigenvalue weighted by Crippen LogP contribution is 2.07. The number of hydrogen-bond donors (Lipinski definition) is 1. The molecule has 1 unspecified atom stereocenters. The van der Waals surface area contributed by atoms with Crippen LogP contribution in [0.1, 0.15) is 30.2 Å². The Hall–Kier alpha value is -2.12. The number of imidazole rings is 1. The predicted molar refractivity (Wildman–Crippen MR) is 74.5 cm³/mol. The third-order valence-corrected chi connectivity index (χ3v) is 3.13. The Balaban J connectivity index is 2.01. The zero-order valence-corrected chi connectivity index (χ0v) is 11.1. The van der Waals surface area contributed by atoms with Gasteiger partial charge >= 0.3 is 0 Å². The van der Waals surface area contributed by atoms with Crippen LogP contribution >= 0.6 is 0 Å². The normalized spacial score (nSPS) is 12.1. The van der Waals surface area contributed by atoms with E-state index >= 15 is 0 Å². The minimum atomic E-state index is 0.179. The van der Waals surface area contributed by atoms with Gasteiger partial charge in [-0.2, -0.15) is 5.26 Å². The Labute approximate surface area is 113 Å². The van der Waals surface area contributed by atoms with Crippen molar-refractivity contribution in [3.05, 3.63) is 53.6 Å². The van der Waals surface area contributed by atoms with E-state index in [9.17, 15) is 0 Å². The average Bonchev–Trinajstić information content (AvgIpc) is 2.86. The van der Waals surface area contributed by atoms with Gasteiger partial charge in [0.25, 0.3) is 0 Å². The molecule has 2 rings (SSSR count). The van der Waals surface area contributed by atoms with Crippen LogP contribution in [0.5, 0.6) is 0 Å². The molecule has 0 saturated carbocycles. The van der Waals surface area contributed by atoms with Crippen LogP contribution in [0.25, 0.3) is 0 Å². The lowest BCUT2D eigenvalue weighted by molar-refractivity contribution is 0.638. The Morgan fingerprint density at radius 1 is 1.37 bits per heavy atom. The van der Waals surface area contributed by atoms with Gasteiger partial charge in [-0.05, 0) is 24.1 Å². The first-order valence-electron chi connectivity index (χ1n) is 6.46.